The number of nitrogens with zero attached hydrogens (tertiary/aromatic N) is 2. The van der Waals surface area contributed by atoms with Gasteiger partial charge in [0.05, 0.1) is 29.0 Å². The number of carbonyl (C=O) groups is 2. The molecule has 1 aliphatic heterocycles. The van der Waals surface area contributed by atoms with Crippen molar-refractivity contribution < 1.29 is 18.0 Å². The molecule has 1 N–H and O–H groups in total. The molecular weight excluding hydrogens is 462 g/mol. The van der Waals surface area contributed by atoms with Gasteiger partial charge in [-0.1, -0.05) is 25.0 Å². The Hall–Kier alpha value is -2.87. The molecule has 7 nitrogen and oxygen atoms in total. The number of carbonyl (C=O) groups excluding carboxylic acids is 2. The Morgan fingerprint density at radius 1 is 0.914 bits per heavy atom. The summed E-state index contributed by atoms with van der Waals surface area (Å²) in [7, 11) is -3.87. The predicted octanol–water partition coefficient (Wildman–Crippen LogP) is 4.63. The Morgan fingerprint density at radius 3 is 2.11 bits per heavy atom. The minimum absolute atomic E-state index is 0.102. The normalized spacial score (nSPS) is 20.2. The number of amides is 2. The number of anilines is 2. The number of aryl methyl sites for hydroxylation is 2. The van der Waals surface area contributed by atoms with Gasteiger partial charge in [-0.2, -0.15) is 0 Å². The molecule has 2 fully saturated rings. The minimum Gasteiger partial charge on any atom is -0.372 e. The summed E-state index contributed by atoms with van der Waals surface area (Å²) in [5.74, 6) is -0.666. The number of benzene rings is 2. The number of fused-ring (bicyclic) bond motifs is 1. The van der Waals surface area contributed by atoms with E-state index < -0.39 is 10.0 Å². The maximum Gasteiger partial charge on any atom is 0.262 e. The number of nitrogens with one attached hydrogen (secondary N) is 1. The third-order valence-corrected chi connectivity index (χ3v) is 8.91. The van der Waals surface area contributed by atoms with Gasteiger partial charge < -0.3 is 4.90 Å². The Morgan fingerprint density at radius 2 is 1.54 bits per heavy atom. The third kappa shape index (κ3) is 4.94. The zero-order valence-electron chi connectivity index (χ0n) is 21.0. The molecule has 2 amide bonds. The SMILES string of the molecule is CCN(CC)c1ccc(NS(=O)(=O)c2cc(CN3C(=O)C4CCCCC4C3=O)ccc2C)c(C)c1. The lowest BCUT2D eigenvalue weighted by molar-refractivity contribution is -0.140. The van der Waals surface area contributed by atoms with E-state index in [0.29, 0.717) is 16.8 Å². The summed E-state index contributed by atoms with van der Waals surface area (Å²) in [5, 5.41) is 0. The average Bonchev–Trinajstić information content (AvgIpc) is 3.07. The molecule has 1 aliphatic carbocycles. The highest BCUT2D eigenvalue weighted by Gasteiger charge is 2.47. The van der Waals surface area contributed by atoms with Crippen molar-refractivity contribution in [1.82, 2.24) is 4.90 Å². The van der Waals surface area contributed by atoms with E-state index in [4.69, 9.17) is 0 Å². The van der Waals surface area contributed by atoms with E-state index in [-0.39, 0.29) is 35.1 Å². The van der Waals surface area contributed by atoms with Gasteiger partial charge in [0, 0.05) is 18.8 Å². The molecule has 1 heterocycles. The minimum atomic E-state index is -3.87. The summed E-state index contributed by atoms with van der Waals surface area (Å²) in [4.78, 5) is 29.4. The summed E-state index contributed by atoms with van der Waals surface area (Å²) in [5.41, 5.74) is 3.65. The fraction of sp³-hybridized carbons (Fsp3) is 0.481. The Kier molecular flexibility index (Phi) is 7.22. The second-order valence-corrected chi connectivity index (χ2v) is 11.3. The van der Waals surface area contributed by atoms with E-state index >= 15 is 0 Å². The van der Waals surface area contributed by atoms with E-state index in [1.54, 1.807) is 31.2 Å². The van der Waals surface area contributed by atoms with Crippen LogP contribution in [0.15, 0.2) is 41.3 Å². The Bertz CT molecular complexity index is 1210. The largest absolute Gasteiger partial charge is 0.372 e. The highest BCUT2D eigenvalue weighted by atomic mass is 32.2. The molecule has 0 spiro atoms. The van der Waals surface area contributed by atoms with Gasteiger partial charge >= 0.3 is 0 Å². The Labute approximate surface area is 208 Å². The number of hydrogen-bond donors (Lipinski definition) is 1. The first-order valence-electron chi connectivity index (χ1n) is 12.5. The maximum atomic E-state index is 13.4. The summed E-state index contributed by atoms with van der Waals surface area (Å²) in [6, 6.07) is 10.8. The van der Waals surface area contributed by atoms with Gasteiger partial charge in [0.25, 0.3) is 10.0 Å². The first-order valence-corrected chi connectivity index (χ1v) is 14.0. The molecule has 1 saturated heterocycles. The van der Waals surface area contributed by atoms with Crippen molar-refractivity contribution in [2.24, 2.45) is 11.8 Å². The molecule has 188 valence electrons. The van der Waals surface area contributed by atoms with Crippen LogP contribution in [0.4, 0.5) is 11.4 Å². The molecule has 1 saturated carbocycles. The lowest BCUT2D eigenvalue weighted by Crippen LogP contribution is -2.30. The monoisotopic (exact) mass is 497 g/mol. The van der Waals surface area contributed by atoms with Crippen LogP contribution in [-0.2, 0) is 26.2 Å². The predicted molar refractivity (Wildman–Crippen MR) is 138 cm³/mol. The smallest absolute Gasteiger partial charge is 0.262 e. The quantitative estimate of drug-likeness (QED) is 0.538. The zero-order chi connectivity index (χ0) is 25.3. The van der Waals surface area contributed by atoms with Crippen LogP contribution in [-0.4, -0.2) is 38.2 Å². The fourth-order valence-electron chi connectivity index (χ4n) is 5.35. The van der Waals surface area contributed by atoms with Crippen molar-refractivity contribution in [1.29, 1.82) is 0 Å². The van der Waals surface area contributed by atoms with Gasteiger partial charge in [0.15, 0.2) is 0 Å². The molecule has 8 heteroatoms. The molecular formula is C27H35N3O4S. The van der Waals surface area contributed by atoms with Crippen LogP contribution >= 0.6 is 0 Å². The van der Waals surface area contributed by atoms with E-state index in [1.807, 2.05) is 19.1 Å². The van der Waals surface area contributed by atoms with Crippen molar-refractivity contribution >= 4 is 33.2 Å². The third-order valence-electron chi connectivity index (χ3n) is 7.40. The van der Waals surface area contributed by atoms with Crippen molar-refractivity contribution in [2.75, 3.05) is 22.7 Å². The highest BCUT2D eigenvalue weighted by Crippen LogP contribution is 2.38. The van der Waals surface area contributed by atoms with Crippen molar-refractivity contribution in [3.05, 3.63) is 53.1 Å². The maximum absolute atomic E-state index is 13.4. The van der Waals surface area contributed by atoms with Gasteiger partial charge in [0.2, 0.25) is 11.8 Å². The zero-order valence-corrected chi connectivity index (χ0v) is 21.8. The lowest BCUT2D eigenvalue weighted by Gasteiger charge is -2.22. The molecule has 2 aromatic carbocycles. The fourth-order valence-corrected chi connectivity index (χ4v) is 6.78. The van der Waals surface area contributed by atoms with Gasteiger partial charge in [0.1, 0.15) is 0 Å². The molecule has 2 aromatic rings. The summed E-state index contributed by atoms with van der Waals surface area (Å²) >= 11 is 0. The van der Waals surface area contributed by atoms with Crippen LogP contribution < -0.4 is 9.62 Å². The van der Waals surface area contributed by atoms with Crippen molar-refractivity contribution in [3.63, 3.8) is 0 Å². The first-order chi connectivity index (χ1) is 16.7. The van der Waals surface area contributed by atoms with Crippen LogP contribution in [0.1, 0.15) is 56.2 Å². The van der Waals surface area contributed by atoms with Crippen LogP contribution in [0.3, 0.4) is 0 Å². The lowest BCUT2D eigenvalue weighted by atomic mass is 9.81. The molecule has 2 aliphatic rings. The highest BCUT2D eigenvalue weighted by molar-refractivity contribution is 7.92. The van der Waals surface area contributed by atoms with Crippen LogP contribution in [0.2, 0.25) is 0 Å². The van der Waals surface area contributed by atoms with Gasteiger partial charge in [-0.25, -0.2) is 8.42 Å². The molecule has 0 bridgehead atoms. The van der Waals surface area contributed by atoms with Crippen molar-refractivity contribution in [3.8, 4) is 0 Å². The summed E-state index contributed by atoms with van der Waals surface area (Å²) < 4.78 is 29.5. The number of likely N-dealkylation sites (tertiary alicyclic amines) is 1. The number of imide groups is 1. The van der Waals surface area contributed by atoms with Gasteiger partial charge in [-0.3, -0.25) is 19.2 Å². The van der Waals surface area contributed by atoms with E-state index in [0.717, 1.165) is 50.0 Å². The van der Waals surface area contributed by atoms with Crippen LogP contribution in [0, 0.1) is 25.7 Å². The van der Waals surface area contributed by atoms with E-state index in [2.05, 4.69) is 23.5 Å². The topological polar surface area (TPSA) is 86.8 Å². The molecule has 4 rings (SSSR count). The number of hydrogen-bond acceptors (Lipinski definition) is 5. The molecule has 35 heavy (non-hydrogen) atoms. The molecule has 0 aromatic heterocycles. The van der Waals surface area contributed by atoms with E-state index in [9.17, 15) is 18.0 Å². The van der Waals surface area contributed by atoms with Gasteiger partial charge in [-0.15, -0.1) is 0 Å². The van der Waals surface area contributed by atoms with Crippen LogP contribution in [0.5, 0.6) is 0 Å². The van der Waals surface area contributed by atoms with Crippen LogP contribution in [0.25, 0.3) is 0 Å². The van der Waals surface area contributed by atoms with Crippen molar-refractivity contribution in [2.45, 2.75) is 64.8 Å². The summed E-state index contributed by atoms with van der Waals surface area (Å²) in [6.07, 6.45) is 3.47. The number of sulfonamides is 1. The number of rotatable bonds is 8. The summed E-state index contributed by atoms with van der Waals surface area (Å²) in [6.45, 7) is 9.65. The first kappa shape index (κ1) is 25.2. The molecule has 2 unspecified atom stereocenters. The molecule has 0 radical (unpaired) electrons. The second kappa shape index (κ2) is 10.0. The molecule has 2 atom stereocenters. The Balaban J connectivity index is 1.56. The van der Waals surface area contributed by atoms with E-state index in [1.165, 1.54) is 4.90 Å². The second-order valence-electron chi connectivity index (χ2n) is 9.64. The average molecular weight is 498 g/mol. The standard InChI is InChI=1S/C27H35N3O4S/c1-5-29(6-2)21-13-14-24(19(4)15-21)28-35(33,34)25-16-20(12-11-18(25)3)17-30-26(31)22-9-7-8-10-23(22)27(30)32/h11-16,22-23,28H,5-10,17H2,1-4H3. The van der Waals surface area contributed by atoms with Gasteiger partial charge in [-0.05, 0) is 81.5 Å².